The van der Waals surface area contributed by atoms with Crippen LogP contribution in [-0.2, 0) is 0 Å². The molecule has 0 bridgehead atoms. The van der Waals surface area contributed by atoms with E-state index in [2.05, 4.69) is 0 Å². The molecule has 0 aliphatic heterocycles. The molecule has 6 heteroatoms. The van der Waals surface area contributed by atoms with Crippen LogP contribution in [-0.4, -0.2) is 17.0 Å². The Morgan fingerprint density at radius 3 is 2.42 bits per heavy atom. The first-order valence-corrected chi connectivity index (χ1v) is 3.76. The van der Waals surface area contributed by atoms with Crippen LogP contribution in [0.25, 0.3) is 0 Å². The zero-order valence-corrected chi connectivity index (χ0v) is 6.72. The van der Waals surface area contributed by atoms with Crippen molar-refractivity contribution >= 4 is 28.2 Å². The molecular formula is C6H6N2O3S. The van der Waals surface area contributed by atoms with Gasteiger partial charge in [0.05, 0.1) is 10.6 Å². The number of amides is 1. The van der Waals surface area contributed by atoms with E-state index >= 15 is 0 Å². The highest BCUT2D eigenvalue weighted by atomic mass is 32.1. The maximum Gasteiger partial charge on any atom is 0.346 e. The summed E-state index contributed by atoms with van der Waals surface area (Å²) < 4.78 is 0. The van der Waals surface area contributed by atoms with Crippen molar-refractivity contribution < 1.29 is 14.7 Å². The van der Waals surface area contributed by atoms with Crippen molar-refractivity contribution in [2.75, 3.05) is 5.73 Å². The number of primary amides is 1. The van der Waals surface area contributed by atoms with Crippen molar-refractivity contribution in [3.05, 3.63) is 16.5 Å². The van der Waals surface area contributed by atoms with Crippen molar-refractivity contribution in [1.29, 1.82) is 0 Å². The van der Waals surface area contributed by atoms with E-state index in [4.69, 9.17) is 16.6 Å². The molecule has 5 nitrogen and oxygen atoms in total. The van der Waals surface area contributed by atoms with E-state index in [-0.39, 0.29) is 15.4 Å². The number of rotatable bonds is 2. The monoisotopic (exact) mass is 186 g/mol. The van der Waals surface area contributed by atoms with E-state index in [1.165, 1.54) is 6.07 Å². The summed E-state index contributed by atoms with van der Waals surface area (Å²) in [7, 11) is 0. The summed E-state index contributed by atoms with van der Waals surface area (Å²) in [4.78, 5) is 21.0. The van der Waals surface area contributed by atoms with Crippen LogP contribution in [0.3, 0.4) is 0 Å². The molecule has 0 saturated carbocycles. The van der Waals surface area contributed by atoms with Gasteiger partial charge in [0.1, 0.15) is 4.88 Å². The van der Waals surface area contributed by atoms with Crippen LogP contribution < -0.4 is 11.5 Å². The molecule has 12 heavy (non-hydrogen) atoms. The minimum atomic E-state index is -1.19. The number of anilines is 1. The second-order valence-electron chi connectivity index (χ2n) is 2.06. The van der Waals surface area contributed by atoms with Gasteiger partial charge < -0.3 is 16.6 Å². The normalized spacial score (nSPS) is 9.67. The first-order valence-electron chi connectivity index (χ1n) is 2.94. The Bertz CT molecular complexity index is 313. The van der Waals surface area contributed by atoms with Gasteiger partial charge in [0, 0.05) is 0 Å². The maximum absolute atomic E-state index is 10.6. The summed E-state index contributed by atoms with van der Waals surface area (Å²) in [6.45, 7) is 0. The van der Waals surface area contributed by atoms with Gasteiger partial charge in [-0.3, -0.25) is 4.79 Å². The Balaban J connectivity index is 3.26. The fraction of sp³-hybridized carbons (Fsp3) is 0. The number of carbonyl (C=O) groups excluding carboxylic acids is 1. The molecule has 0 atom stereocenters. The molecule has 1 heterocycles. The Hall–Kier alpha value is -1.56. The molecule has 0 fully saturated rings. The quantitative estimate of drug-likeness (QED) is 0.610. The number of carboxylic acid groups (broad SMARTS) is 1. The van der Waals surface area contributed by atoms with E-state index < -0.39 is 11.9 Å². The summed E-state index contributed by atoms with van der Waals surface area (Å²) in [5.74, 6) is -1.97. The number of hydrogen-bond donors (Lipinski definition) is 3. The first kappa shape index (κ1) is 8.54. The third-order valence-electron chi connectivity index (χ3n) is 1.21. The standard InChI is InChI=1S/C6H6N2O3S/c7-3-1-2(5(8)9)4(12-3)6(10)11/h1H,7H2,(H2,8,9)(H,10,11). The highest BCUT2D eigenvalue weighted by Gasteiger charge is 2.17. The third kappa shape index (κ3) is 1.37. The topological polar surface area (TPSA) is 106 Å². The summed E-state index contributed by atoms with van der Waals surface area (Å²) in [5, 5.41) is 8.84. The smallest absolute Gasteiger partial charge is 0.346 e. The van der Waals surface area contributed by atoms with Crippen molar-refractivity contribution in [3.63, 3.8) is 0 Å². The highest BCUT2D eigenvalue weighted by molar-refractivity contribution is 7.18. The zero-order chi connectivity index (χ0) is 9.30. The predicted molar refractivity (Wildman–Crippen MR) is 44.2 cm³/mol. The maximum atomic E-state index is 10.6. The molecule has 5 N–H and O–H groups in total. The SMILES string of the molecule is NC(=O)c1cc(N)sc1C(=O)O. The van der Waals surface area contributed by atoms with Crippen LogP contribution in [0, 0.1) is 0 Å². The summed E-state index contributed by atoms with van der Waals surface area (Å²) in [5.41, 5.74) is 10.2. The third-order valence-corrected chi connectivity index (χ3v) is 2.16. The minimum Gasteiger partial charge on any atom is -0.477 e. The van der Waals surface area contributed by atoms with Gasteiger partial charge in [-0.05, 0) is 6.07 Å². The minimum absolute atomic E-state index is 0.0370. The van der Waals surface area contributed by atoms with Gasteiger partial charge in [0.2, 0.25) is 0 Å². The fourth-order valence-electron chi connectivity index (χ4n) is 0.752. The number of hydrogen-bond acceptors (Lipinski definition) is 4. The number of nitrogen functional groups attached to an aromatic ring is 1. The Labute approximate surface area is 71.6 Å². The number of thiophene rings is 1. The van der Waals surface area contributed by atoms with E-state index in [1.807, 2.05) is 0 Å². The molecule has 0 unspecified atom stereocenters. The molecular weight excluding hydrogens is 180 g/mol. The van der Waals surface area contributed by atoms with Crippen LogP contribution in [0.15, 0.2) is 6.07 Å². The Morgan fingerprint density at radius 2 is 2.08 bits per heavy atom. The summed E-state index contributed by atoms with van der Waals surface area (Å²) >= 11 is 0.828. The molecule has 64 valence electrons. The average molecular weight is 186 g/mol. The van der Waals surface area contributed by atoms with Gasteiger partial charge >= 0.3 is 5.97 Å². The van der Waals surface area contributed by atoms with E-state index in [0.29, 0.717) is 0 Å². The van der Waals surface area contributed by atoms with E-state index in [0.717, 1.165) is 11.3 Å². The Kier molecular flexibility index (Phi) is 2.01. The van der Waals surface area contributed by atoms with Gasteiger partial charge in [-0.2, -0.15) is 0 Å². The Morgan fingerprint density at radius 1 is 1.50 bits per heavy atom. The van der Waals surface area contributed by atoms with Crippen molar-refractivity contribution in [1.82, 2.24) is 0 Å². The van der Waals surface area contributed by atoms with Crippen molar-refractivity contribution in [2.45, 2.75) is 0 Å². The molecule has 0 saturated heterocycles. The van der Waals surface area contributed by atoms with Gasteiger partial charge in [-0.25, -0.2) is 4.79 Å². The van der Waals surface area contributed by atoms with Gasteiger partial charge in [0.15, 0.2) is 0 Å². The lowest BCUT2D eigenvalue weighted by Gasteiger charge is -1.90. The number of aromatic carboxylic acids is 1. The van der Waals surface area contributed by atoms with E-state index in [1.54, 1.807) is 0 Å². The van der Waals surface area contributed by atoms with Gasteiger partial charge in [0.25, 0.3) is 5.91 Å². The fourth-order valence-corrected chi connectivity index (χ4v) is 1.52. The van der Waals surface area contributed by atoms with Crippen molar-refractivity contribution in [3.8, 4) is 0 Å². The van der Waals surface area contributed by atoms with Crippen LogP contribution in [0.2, 0.25) is 0 Å². The molecule has 1 aromatic rings. The summed E-state index contributed by atoms with van der Waals surface area (Å²) in [6.07, 6.45) is 0. The van der Waals surface area contributed by atoms with Crippen LogP contribution in [0.5, 0.6) is 0 Å². The second-order valence-corrected chi connectivity index (χ2v) is 3.14. The largest absolute Gasteiger partial charge is 0.477 e. The van der Waals surface area contributed by atoms with Crippen LogP contribution in [0.4, 0.5) is 5.00 Å². The number of carboxylic acids is 1. The lowest BCUT2D eigenvalue weighted by Crippen LogP contribution is -2.13. The van der Waals surface area contributed by atoms with Crippen molar-refractivity contribution in [2.24, 2.45) is 5.73 Å². The van der Waals surface area contributed by atoms with Gasteiger partial charge in [-0.15, -0.1) is 11.3 Å². The molecule has 0 aromatic carbocycles. The zero-order valence-electron chi connectivity index (χ0n) is 5.90. The van der Waals surface area contributed by atoms with Crippen LogP contribution in [0.1, 0.15) is 20.0 Å². The summed E-state index contributed by atoms with van der Waals surface area (Å²) in [6, 6.07) is 1.26. The molecule has 1 amide bonds. The molecule has 0 spiro atoms. The predicted octanol–water partition coefficient (Wildman–Crippen LogP) is 0.127. The second kappa shape index (κ2) is 2.82. The van der Waals surface area contributed by atoms with Crippen LogP contribution >= 0.6 is 11.3 Å². The molecule has 1 aromatic heterocycles. The molecule has 0 aliphatic carbocycles. The average Bonchev–Trinajstić information content (AvgIpc) is 2.31. The molecule has 0 aliphatic rings. The molecule has 0 radical (unpaired) electrons. The number of carbonyl (C=O) groups is 2. The lowest BCUT2D eigenvalue weighted by molar-refractivity contribution is 0.0697. The number of nitrogens with two attached hydrogens (primary N) is 2. The first-order chi connectivity index (χ1) is 5.52. The van der Waals surface area contributed by atoms with E-state index in [9.17, 15) is 9.59 Å². The lowest BCUT2D eigenvalue weighted by atomic mass is 10.2. The molecule has 1 rings (SSSR count). The highest BCUT2D eigenvalue weighted by Crippen LogP contribution is 2.23. The van der Waals surface area contributed by atoms with Gasteiger partial charge in [-0.1, -0.05) is 0 Å².